The van der Waals surface area contributed by atoms with Crippen molar-refractivity contribution in [2.75, 3.05) is 0 Å². The van der Waals surface area contributed by atoms with Gasteiger partial charge in [0.15, 0.2) is 0 Å². The number of furan rings is 4. The summed E-state index contributed by atoms with van der Waals surface area (Å²) in [5.41, 5.74) is 17.2. The summed E-state index contributed by atoms with van der Waals surface area (Å²) in [5, 5.41) is 15.0. The lowest BCUT2D eigenvalue weighted by atomic mass is 9.92. The fourth-order valence-corrected chi connectivity index (χ4v) is 18.0. The minimum Gasteiger partial charge on any atom is -0.456 e. The average Bonchev–Trinajstić information content (AvgIpc) is 4.15. The van der Waals surface area contributed by atoms with Crippen LogP contribution in [0.3, 0.4) is 0 Å². The molecule has 0 saturated heterocycles. The third-order valence-corrected chi connectivity index (χ3v) is 22.1. The molecule has 0 saturated carbocycles. The Bertz CT molecular complexity index is 4260. The van der Waals surface area contributed by atoms with Gasteiger partial charge in [-0.2, -0.15) is 0 Å². The molecule has 0 radical (unpaired) electrons. The molecule has 4 nitrogen and oxygen atoms in total. The second-order valence-electron chi connectivity index (χ2n) is 19.1. The van der Waals surface area contributed by atoms with Gasteiger partial charge in [0.1, 0.15) is 60.8 Å². The smallest absolute Gasteiger partial charge is 0.143 e. The number of fused-ring (bicyclic) bond motifs is 20. The Balaban J connectivity index is 0.979. The van der Waals surface area contributed by atoms with Gasteiger partial charge in [-0.25, -0.2) is 0 Å². The first-order chi connectivity index (χ1) is 31.2. The predicted molar refractivity (Wildman–Crippen MR) is 271 cm³/mol. The summed E-state index contributed by atoms with van der Waals surface area (Å²) < 4.78 is 26.9. The summed E-state index contributed by atoms with van der Waals surface area (Å²) in [6, 6.07) is 57.3. The lowest BCUT2D eigenvalue weighted by molar-refractivity contribution is 0.668. The highest BCUT2D eigenvalue weighted by atomic mass is 28.3. The molecule has 9 aromatic carbocycles. The van der Waals surface area contributed by atoms with Crippen LogP contribution in [-0.4, -0.2) is 16.1 Å². The highest BCUT2D eigenvalue weighted by Gasteiger charge is 2.46. The van der Waals surface area contributed by atoms with Crippen LogP contribution in [-0.2, 0) is 0 Å². The maximum Gasteiger partial charge on any atom is 0.143 e. The fourth-order valence-electron chi connectivity index (χ4n) is 11.9. The van der Waals surface area contributed by atoms with Gasteiger partial charge in [0, 0.05) is 54.2 Å². The average molecular weight is 855 g/mol. The zero-order valence-corrected chi connectivity index (χ0v) is 37.6. The molecule has 302 valence electrons. The van der Waals surface area contributed by atoms with E-state index in [1.54, 1.807) is 0 Å². The van der Waals surface area contributed by atoms with Crippen molar-refractivity contribution in [2.45, 2.75) is 26.2 Å². The van der Waals surface area contributed by atoms with Crippen LogP contribution in [0.25, 0.3) is 132 Å². The first-order valence-corrected chi connectivity index (χ1v) is 28.2. The van der Waals surface area contributed by atoms with Crippen LogP contribution >= 0.6 is 0 Å². The van der Waals surface area contributed by atoms with Crippen LogP contribution in [0.1, 0.15) is 0 Å². The Kier molecular flexibility index (Phi) is 6.47. The molecule has 6 heteroatoms. The van der Waals surface area contributed by atoms with E-state index < -0.39 is 16.1 Å². The molecule has 0 amide bonds. The lowest BCUT2D eigenvalue weighted by Gasteiger charge is -2.22. The molecule has 0 atom stereocenters. The van der Waals surface area contributed by atoms with Crippen LogP contribution < -0.4 is 20.7 Å². The van der Waals surface area contributed by atoms with Crippen molar-refractivity contribution in [3.63, 3.8) is 0 Å². The normalized spacial score (nSPS) is 14.8. The van der Waals surface area contributed by atoms with Gasteiger partial charge in [0.2, 0.25) is 0 Å². The summed E-state index contributed by atoms with van der Waals surface area (Å²) in [6.45, 7) is 10.1. The summed E-state index contributed by atoms with van der Waals surface area (Å²) in [5.74, 6) is 0. The van der Waals surface area contributed by atoms with Crippen LogP contribution in [0.2, 0.25) is 26.2 Å². The van der Waals surface area contributed by atoms with Crippen molar-refractivity contribution >= 4 is 125 Å². The van der Waals surface area contributed by atoms with E-state index in [1.165, 1.54) is 59.3 Å². The molecule has 0 N–H and O–H groups in total. The predicted octanol–water partition coefficient (Wildman–Crippen LogP) is 14.2. The quantitative estimate of drug-likeness (QED) is 0.163. The lowest BCUT2D eigenvalue weighted by Crippen LogP contribution is -2.51. The minimum atomic E-state index is -2.31. The number of para-hydroxylation sites is 4. The van der Waals surface area contributed by atoms with E-state index in [4.69, 9.17) is 17.7 Å². The molecule has 0 unspecified atom stereocenters. The fraction of sp³-hybridized carbons (Fsp3) is 0.0690. The third kappa shape index (κ3) is 4.32. The van der Waals surface area contributed by atoms with E-state index >= 15 is 0 Å². The maximum atomic E-state index is 7.08. The van der Waals surface area contributed by atoms with Gasteiger partial charge in [-0.05, 0) is 103 Å². The van der Waals surface area contributed by atoms with Crippen molar-refractivity contribution in [3.05, 3.63) is 158 Å². The molecule has 2 aliphatic heterocycles. The second-order valence-corrected chi connectivity index (χ2v) is 27.8. The van der Waals surface area contributed by atoms with Gasteiger partial charge >= 0.3 is 0 Å². The Morgan fingerprint density at radius 1 is 0.297 bits per heavy atom. The third-order valence-electron chi connectivity index (χ3n) is 15.1. The van der Waals surface area contributed by atoms with E-state index in [0.29, 0.717) is 0 Å². The summed E-state index contributed by atoms with van der Waals surface area (Å²) in [6.07, 6.45) is 0. The molecule has 6 heterocycles. The SMILES string of the molecule is C[Si]1(C)c2cc3c(cc2-c2c1cc(-c1ccc4c(c1)oc1ccccc14)c1c2oc2ccccc21)[Si](C)(C)c1cc(-c2ccc4c(c2)oc2ccccc24)c2oc4ccccc4c2c1-3. The highest BCUT2D eigenvalue weighted by molar-refractivity contribution is 7.06. The number of rotatable bonds is 2. The first-order valence-electron chi connectivity index (χ1n) is 22.2. The number of hydrogen-bond acceptors (Lipinski definition) is 4. The summed E-state index contributed by atoms with van der Waals surface area (Å²) in [4.78, 5) is 0. The molecule has 0 aliphatic carbocycles. The van der Waals surface area contributed by atoms with E-state index in [9.17, 15) is 0 Å². The minimum absolute atomic E-state index is 0.890. The van der Waals surface area contributed by atoms with Crippen LogP contribution in [0.15, 0.2) is 175 Å². The Morgan fingerprint density at radius 2 is 0.703 bits per heavy atom. The number of benzene rings is 9. The largest absolute Gasteiger partial charge is 0.456 e. The van der Waals surface area contributed by atoms with E-state index in [2.05, 4.69) is 166 Å². The van der Waals surface area contributed by atoms with Gasteiger partial charge in [0.25, 0.3) is 0 Å². The molecule has 0 spiro atoms. The van der Waals surface area contributed by atoms with Crippen molar-refractivity contribution < 1.29 is 17.7 Å². The highest BCUT2D eigenvalue weighted by Crippen LogP contribution is 2.48. The molecule has 64 heavy (non-hydrogen) atoms. The molecule has 4 aromatic heterocycles. The van der Waals surface area contributed by atoms with Crippen molar-refractivity contribution in [3.8, 4) is 44.5 Å². The molecular weight excluding hydrogens is 817 g/mol. The number of hydrogen-bond donors (Lipinski definition) is 0. The maximum absolute atomic E-state index is 7.08. The molecular formula is C58H38O4Si2. The molecule has 13 aromatic rings. The van der Waals surface area contributed by atoms with Crippen LogP contribution in [0.4, 0.5) is 0 Å². The summed E-state index contributed by atoms with van der Waals surface area (Å²) in [7, 11) is -4.62. The first kappa shape index (κ1) is 35.1. The second kappa shape index (κ2) is 11.8. The van der Waals surface area contributed by atoms with E-state index in [0.717, 1.165) is 93.7 Å². The van der Waals surface area contributed by atoms with Crippen LogP contribution in [0.5, 0.6) is 0 Å². The van der Waals surface area contributed by atoms with Gasteiger partial charge in [-0.1, -0.05) is 135 Å². The Labute approximate surface area is 369 Å². The zero-order chi connectivity index (χ0) is 42.4. The van der Waals surface area contributed by atoms with Gasteiger partial charge in [-0.15, -0.1) is 0 Å². The Hall–Kier alpha value is -7.39. The van der Waals surface area contributed by atoms with Crippen molar-refractivity contribution in [1.29, 1.82) is 0 Å². The zero-order valence-electron chi connectivity index (χ0n) is 35.6. The standard InChI is InChI=1S/C58H38O4Si2/c1-63(2)49-30-42-50(29-41(49)54-51(63)28-40(57-56(54)38-16-8-12-20-46(38)61-57)32-22-24-36-34-14-6-10-18-44(34)60-48(36)26-32)64(3,4)52-27-39(53-37-15-7-11-19-45(37)62-58(53)55(42)52)31-21-23-35-33-13-5-9-17-43(33)59-47(35)25-31/h5-30H,1-4H3. The topological polar surface area (TPSA) is 52.6 Å². The van der Waals surface area contributed by atoms with Crippen molar-refractivity contribution in [1.82, 2.24) is 0 Å². The van der Waals surface area contributed by atoms with Gasteiger partial charge in [0.05, 0.1) is 0 Å². The summed E-state index contributed by atoms with van der Waals surface area (Å²) >= 11 is 0. The van der Waals surface area contributed by atoms with Crippen LogP contribution in [0, 0.1) is 0 Å². The monoisotopic (exact) mass is 854 g/mol. The molecule has 15 rings (SSSR count). The van der Waals surface area contributed by atoms with E-state index in [-0.39, 0.29) is 0 Å². The molecule has 2 aliphatic rings. The van der Waals surface area contributed by atoms with Gasteiger partial charge in [-0.3, -0.25) is 0 Å². The molecule has 0 fully saturated rings. The van der Waals surface area contributed by atoms with Gasteiger partial charge < -0.3 is 17.7 Å². The molecule has 0 bridgehead atoms. The van der Waals surface area contributed by atoms with Crippen molar-refractivity contribution in [2.24, 2.45) is 0 Å². The Morgan fingerprint density at radius 3 is 1.28 bits per heavy atom. The van der Waals surface area contributed by atoms with E-state index in [1.807, 2.05) is 18.2 Å².